The highest BCUT2D eigenvalue weighted by Gasteiger charge is 2.30. The largest absolute Gasteiger partial charge is 0.472 e. The van der Waals surface area contributed by atoms with Gasteiger partial charge in [0.1, 0.15) is 19.3 Å². The van der Waals surface area contributed by atoms with E-state index < -0.39 is 97.5 Å². The number of aliphatic hydroxyl groups is 1. The fourth-order valence-electron chi connectivity index (χ4n) is 10.9. The van der Waals surface area contributed by atoms with Gasteiger partial charge in [-0.25, -0.2) is 9.13 Å². The lowest BCUT2D eigenvalue weighted by atomic mass is 10.0. The fourth-order valence-corrected chi connectivity index (χ4v) is 12.5. The Bertz CT molecular complexity index is 1800. The van der Waals surface area contributed by atoms with Crippen molar-refractivity contribution in [2.75, 3.05) is 39.6 Å². The number of ether oxygens (including phenoxy) is 4. The lowest BCUT2D eigenvalue weighted by Crippen LogP contribution is -2.30. The predicted molar refractivity (Wildman–Crippen MR) is 372 cm³/mol. The quantitative estimate of drug-likeness (QED) is 0.0169. The Morgan fingerprint density at radius 2 is 0.500 bits per heavy atom. The normalized spacial score (nSPS) is 14.0. The van der Waals surface area contributed by atoms with Gasteiger partial charge in [0.2, 0.25) is 0 Å². The summed E-state index contributed by atoms with van der Waals surface area (Å²) in [6.07, 6.45) is 57.7. The molecule has 0 aromatic rings. The van der Waals surface area contributed by atoms with E-state index in [0.29, 0.717) is 25.7 Å². The molecule has 544 valence electrons. The third-order valence-corrected chi connectivity index (χ3v) is 18.7. The maximum Gasteiger partial charge on any atom is 0.472 e. The molecule has 0 spiro atoms. The molecule has 0 saturated heterocycles. The molecule has 19 heteroatoms. The van der Waals surface area contributed by atoms with Crippen molar-refractivity contribution in [2.45, 2.75) is 393 Å². The summed E-state index contributed by atoms with van der Waals surface area (Å²) in [6, 6.07) is 0. The van der Waals surface area contributed by atoms with Gasteiger partial charge in [-0.3, -0.25) is 37.3 Å². The zero-order valence-electron chi connectivity index (χ0n) is 59.3. The van der Waals surface area contributed by atoms with E-state index >= 15 is 0 Å². The number of hydrogen-bond donors (Lipinski definition) is 3. The van der Waals surface area contributed by atoms with Crippen LogP contribution in [0.3, 0.4) is 0 Å². The standard InChI is InChI=1S/C73H140O17P2/c1-5-9-13-17-21-25-29-32-33-36-39-42-46-50-54-58-71(76)84-64-69(90-73(78)60-56-52-48-44-40-35-31-27-23-19-15-11-7-3)66-88-92(81,82)86-62-67(74)61-85-91(79,80)87-65-68(89-72(77)59-55-51-47-43-37-28-24-20-16-12-8-4)63-83-70(75)57-53-49-45-41-38-34-30-26-22-18-14-10-6-2/h32-33,67-69,74H,5-31,34-66H2,1-4H3,(H,79,80)(H,81,82)/b33-32-. The number of esters is 4. The lowest BCUT2D eigenvalue weighted by Gasteiger charge is -2.21. The number of carbonyl (C=O) groups excluding carboxylic acids is 4. The van der Waals surface area contributed by atoms with Gasteiger partial charge < -0.3 is 33.8 Å². The molecule has 0 radical (unpaired) electrons. The Kier molecular flexibility index (Phi) is 65.8. The number of phosphoric acid groups is 2. The summed E-state index contributed by atoms with van der Waals surface area (Å²) < 4.78 is 68.4. The molecular formula is C73H140O17P2. The van der Waals surface area contributed by atoms with Crippen LogP contribution in [0.15, 0.2) is 12.2 Å². The van der Waals surface area contributed by atoms with E-state index in [1.165, 1.54) is 186 Å². The van der Waals surface area contributed by atoms with E-state index in [1.807, 2.05) is 0 Å². The van der Waals surface area contributed by atoms with Gasteiger partial charge in [-0.2, -0.15) is 0 Å². The Labute approximate surface area is 561 Å². The summed E-state index contributed by atoms with van der Waals surface area (Å²) in [4.78, 5) is 72.7. The fraction of sp³-hybridized carbons (Fsp3) is 0.918. The number of rotatable bonds is 73. The van der Waals surface area contributed by atoms with E-state index in [4.69, 9.17) is 37.0 Å². The Hall–Kier alpha value is -2.20. The van der Waals surface area contributed by atoms with Gasteiger partial charge in [-0.05, 0) is 51.4 Å². The van der Waals surface area contributed by atoms with E-state index in [-0.39, 0.29) is 25.7 Å². The minimum atomic E-state index is -4.96. The molecule has 0 saturated carbocycles. The molecule has 5 atom stereocenters. The van der Waals surface area contributed by atoms with Gasteiger partial charge in [-0.15, -0.1) is 0 Å². The molecule has 0 fully saturated rings. The van der Waals surface area contributed by atoms with Crippen LogP contribution in [-0.4, -0.2) is 96.7 Å². The highest BCUT2D eigenvalue weighted by Crippen LogP contribution is 2.45. The van der Waals surface area contributed by atoms with Crippen molar-refractivity contribution < 1.29 is 80.2 Å². The molecule has 17 nitrogen and oxygen atoms in total. The maximum atomic E-state index is 13.0. The van der Waals surface area contributed by atoms with Crippen molar-refractivity contribution in [3.8, 4) is 0 Å². The van der Waals surface area contributed by atoms with Gasteiger partial charge in [0.25, 0.3) is 0 Å². The molecule has 0 aromatic heterocycles. The molecule has 0 aliphatic rings. The van der Waals surface area contributed by atoms with Crippen LogP contribution < -0.4 is 0 Å². The highest BCUT2D eigenvalue weighted by atomic mass is 31.2. The maximum absolute atomic E-state index is 13.0. The minimum absolute atomic E-state index is 0.104. The molecular weight excluding hydrogens is 1210 g/mol. The second kappa shape index (κ2) is 67.4. The Morgan fingerprint density at radius 3 is 0.750 bits per heavy atom. The number of phosphoric ester groups is 2. The van der Waals surface area contributed by atoms with Gasteiger partial charge in [0.05, 0.1) is 26.4 Å². The number of hydrogen-bond acceptors (Lipinski definition) is 15. The first-order valence-electron chi connectivity index (χ1n) is 37.9. The van der Waals surface area contributed by atoms with Crippen molar-refractivity contribution in [1.82, 2.24) is 0 Å². The first kappa shape index (κ1) is 89.8. The van der Waals surface area contributed by atoms with Crippen LogP contribution in [-0.2, 0) is 65.4 Å². The van der Waals surface area contributed by atoms with E-state index in [2.05, 4.69) is 39.8 Å². The van der Waals surface area contributed by atoms with Crippen LogP contribution in [0.4, 0.5) is 0 Å². The third-order valence-electron chi connectivity index (χ3n) is 16.8. The smallest absolute Gasteiger partial charge is 0.462 e. The SMILES string of the molecule is CCCCCCCC/C=C\CCCCCCCC(=O)OCC(COP(=O)(O)OCC(O)COP(=O)(O)OCC(COC(=O)CCCCCCCCCCCCCCC)OC(=O)CCCCCCCCCCCCC)OC(=O)CCCCCCCCCCCCCCC. The molecule has 0 heterocycles. The molecule has 0 aliphatic carbocycles. The topological polar surface area (TPSA) is 237 Å². The molecule has 3 N–H and O–H groups in total. The highest BCUT2D eigenvalue weighted by molar-refractivity contribution is 7.47. The molecule has 0 bridgehead atoms. The van der Waals surface area contributed by atoms with Crippen LogP contribution in [0.1, 0.15) is 374 Å². The van der Waals surface area contributed by atoms with Gasteiger partial charge in [0, 0.05) is 25.7 Å². The predicted octanol–water partition coefficient (Wildman–Crippen LogP) is 21.2. The number of aliphatic hydroxyl groups excluding tert-OH is 1. The van der Waals surface area contributed by atoms with Crippen molar-refractivity contribution in [3.63, 3.8) is 0 Å². The van der Waals surface area contributed by atoms with E-state index in [9.17, 15) is 43.2 Å². The summed E-state index contributed by atoms with van der Waals surface area (Å²) in [6.45, 7) is 4.94. The minimum Gasteiger partial charge on any atom is -0.462 e. The first-order valence-corrected chi connectivity index (χ1v) is 40.9. The average Bonchev–Trinajstić information content (AvgIpc) is 2.73. The van der Waals surface area contributed by atoms with E-state index in [1.54, 1.807) is 0 Å². The second-order valence-electron chi connectivity index (χ2n) is 26.0. The summed E-state index contributed by atoms with van der Waals surface area (Å²) in [5.41, 5.74) is 0. The average molecular weight is 1350 g/mol. The summed E-state index contributed by atoms with van der Waals surface area (Å²) in [5.74, 6) is -2.13. The number of allylic oxidation sites excluding steroid dienone is 2. The zero-order chi connectivity index (χ0) is 67.5. The molecule has 5 unspecified atom stereocenters. The number of carbonyl (C=O) groups is 4. The van der Waals surface area contributed by atoms with Gasteiger partial charge >= 0.3 is 39.5 Å². The van der Waals surface area contributed by atoms with Gasteiger partial charge in [-0.1, -0.05) is 310 Å². The molecule has 0 aliphatic heterocycles. The van der Waals surface area contributed by atoms with Crippen LogP contribution in [0, 0.1) is 0 Å². The molecule has 0 aromatic carbocycles. The van der Waals surface area contributed by atoms with Crippen LogP contribution in [0.25, 0.3) is 0 Å². The summed E-state index contributed by atoms with van der Waals surface area (Å²) >= 11 is 0. The third kappa shape index (κ3) is 66.4. The van der Waals surface area contributed by atoms with Crippen LogP contribution in [0.5, 0.6) is 0 Å². The molecule has 0 rings (SSSR count). The number of unbranched alkanes of at least 4 members (excludes halogenated alkanes) is 45. The monoisotopic (exact) mass is 1350 g/mol. The van der Waals surface area contributed by atoms with Crippen molar-refractivity contribution in [2.24, 2.45) is 0 Å². The van der Waals surface area contributed by atoms with Crippen molar-refractivity contribution >= 4 is 39.5 Å². The zero-order valence-corrected chi connectivity index (χ0v) is 61.1. The van der Waals surface area contributed by atoms with Gasteiger partial charge in [0.15, 0.2) is 12.2 Å². The molecule has 0 amide bonds. The van der Waals surface area contributed by atoms with Crippen molar-refractivity contribution in [3.05, 3.63) is 12.2 Å². The Balaban J connectivity index is 5.26. The van der Waals surface area contributed by atoms with Crippen molar-refractivity contribution in [1.29, 1.82) is 0 Å². The van der Waals surface area contributed by atoms with Crippen LogP contribution >= 0.6 is 15.6 Å². The van der Waals surface area contributed by atoms with E-state index in [0.717, 1.165) is 109 Å². The first-order chi connectivity index (χ1) is 44.7. The summed E-state index contributed by atoms with van der Waals surface area (Å²) in [7, 11) is -9.91. The second-order valence-corrected chi connectivity index (χ2v) is 28.9. The van der Waals surface area contributed by atoms with Crippen LogP contribution in [0.2, 0.25) is 0 Å². The summed E-state index contributed by atoms with van der Waals surface area (Å²) in [5, 5.41) is 10.6. The lowest BCUT2D eigenvalue weighted by molar-refractivity contribution is -0.161. The molecule has 92 heavy (non-hydrogen) atoms. The Morgan fingerprint density at radius 1 is 0.293 bits per heavy atom.